The lowest BCUT2D eigenvalue weighted by atomic mass is 10.1. The number of nitrogens with one attached hydrogen (secondary N) is 1. The summed E-state index contributed by atoms with van der Waals surface area (Å²) >= 11 is 0. The number of benzene rings is 1. The zero-order valence-corrected chi connectivity index (χ0v) is 15.2. The van der Waals surface area contributed by atoms with Crippen molar-refractivity contribution in [1.29, 1.82) is 0 Å². The van der Waals surface area contributed by atoms with Crippen molar-refractivity contribution < 1.29 is 9.53 Å². The lowest BCUT2D eigenvalue weighted by Gasteiger charge is -2.22. The molecule has 1 aromatic heterocycles. The summed E-state index contributed by atoms with van der Waals surface area (Å²) in [5.41, 5.74) is 7.84. The Balaban J connectivity index is 1.65. The van der Waals surface area contributed by atoms with Crippen LogP contribution >= 0.6 is 0 Å². The Morgan fingerprint density at radius 1 is 1.35 bits per heavy atom. The molecule has 1 unspecified atom stereocenters. The summed E-state index contributed by atoms with van der Waals surface area (Å²) in [5.74, 6) is 0.504. The molecule has 1 atom stereocenters. The predicted octanol–water partition coefficient (Wildman–Crippen LogP) is 1.95. The van der Waals surface area contributed by atoms with Gasteiger partial charge in [-0.05, 0) is 38.1 Å². The van der Waals surface area contributed by atoms with E-state index in [0.717, 1.165) is 25.1 Å². The highest BCUT2D eigenvalue weighted by molar-refractivity contribution is 5.94. The molecule has 0 bridgehead atoms. The Morgan fingerprint density at radius 2 is 2.12 bits per heavy atom. The Labute approximate surface area is 153 Å². The molecule has 26 heavy (non-hydrogen) atoms. The smallest absolute Gasteiger partial charge is 0.251 e. The molecule has 0 spiro atoms. The molecule has 2 heterocycles. The minimum atomic E-state index is -0.0562. The highest BCUT2D eigenvalue weighted by atomic mass is 16.5. The van der Waals surface area contributed by atoms with Crippen LogP contribution in [0.5, 0.6) is 5.88 Å². The maximum Gasteiger partial charge on any atom is 0.251 e. The minimum Gasteiger partial charge on any atom is -0.481 e. The molecule has 1 aromatic carbocycles. The van der Waals surface area contributed by atoms with Gasteiger partial charge >= 0.3 is 0 Å². The first-order chi connectivity index (χ1) is 12.6. The van der Waals surface area contributed by atoms with Crippen molar-refractivity contribution in [3.63, 3.8) is 0 Å². The van der Waals surface area contributed by atoms with E-state index in [0.29, 0.717) is 29.7 Å². The fourth-order valence-electron chi connectivity index (χ4n) is 3.34. The number of carbonyl (C=O) groups excluding carboxylic acids is 1. The van der Waals surface area contributed by atoms with Crippen LogP contribution in [-0.2, 0) is 0 Å². The summed E-state index contributed by atoms with van der Waals surface area (Å²) in [5, 5.41) is 3.05. The number of aromatic nitrogens is 2. The number of rotatable bonds is 6. The number of nitrogen functional groups attached to an aromatic ring is 1. The third kappa shape index (κ3) is 4.11. The SMILES string of the molecule is CCN1CCCC1CNC(=O)c1ccc(-c2cc(OC)nc(N)n2)cc1. The highest BCUT2D eigenvalue weighted by Gasteiger charge is 2.23. The number of anilines is 1. The molecule has 0 radical (unpaired) electrons. The Morgan fingerprint density at radius 3 is 2.81 bits per heavy atom. The summed E-state index contributed by atoms with van der Waals surface area (Å²) in [6, 6.07) is 9.45. The first kappa shape index (κ1) is 18.1. The van der Waals surface area contributed by atoms with Crippen molar-refractivity contribution in [2.75, 3.05) is 32.5 Å². The molecule has 0 aliphatic carbocycles. The zero-order valence-electron chi connectivity index (χ0n) is 15.2. The number of hydrogen-bond donors (Lipinski definition) is 2. The second kappa shape index (κ2) is 8.14. The van der Waals surface area contributed by atoms with Gasteiger partial charge in [-0.25, -0.2) is 4.98 Å². The zero-order chi connectivity index (χ0) is 18.5. The molecule has 1 amide bonds. The molecule has 7 heteroatoms. The number of nitrogens with zero attached hydrogens (tertiary/aromatic N) is 3. The second-order valence-electron chi connectivity index (χ2n) is 6.37. The summed E-state index contributed by atoms with van der Waals surface area (Å²) in [6.45, 7) is 5.00. The van der Waals surface area contributed by atoms with Gasteiger partial charge in [-0.15, -0.1) is 0 Å². The molecular weight excluding hydrogens is 330 g/mol. The molecule has 1 aliphatic heterocycles. The van der Waals surface area contributed by atoms with Gasteiger partial charge in [0, 0.05) is 29.8 Å². The number of nitrogens with two attached hydrogens (primary N) is 1. The van der Waals surface area contributed by atoms with Crippen molar-refractivity contribution in [1.82, 2.24) is 20.2 Å². The van der Waals surface area contributed by atoms with Crippen molar-refractivity contribution >= 4 is 11.9 Å². The van der Waals surface area contributed by atoms with Gasteiger partial charge in [0.05, 0.1) is 12.8 Å². The number of likely N-dealkylation sites (tertiary alicyclic amines) is 1. The van der Waals surface area contributed by atoms with Gasteiger partial charge in [0.2, 0.25) is 11.8 Å². The number of hydrogen-bond acceptors (Lipinski definition) is 6. The van der Waals surface area contributed by atoms with Crippen molar-refractivity contribution in [3.8, 4) is 17.1 Å². The van der Waals surface area contributed by atoms with Crippen LogP contribution in [0.1, 0.15) is 30.1 Å². The van der Waals surface area contributed by atoms with Crippen LogP contribution in [0.3, 0.4) is 0 Å². The summed E-state index contributed by atoms with van der Waals surface area (Å²) in [7, 11) is 1.53. The van der Waals surface area contributed by atoms with Gasteiger partial charge in [-0.2, -0.15) is 4.98 Å². The molecule has 1 aliphatic rings. The average molecular weight is 355 g/mol. The topological polar surface area (TPSA) is 93.4 Å². The van der Waals surface area contributed by atoms with Gasteiger partial charge in [-0.1, -0.05) is 19.1 Å². The van der Waals surface area contributed by atoms with Gasteiger partial charge in [-0.3, -0.25) is 9.69 Å². The second-order valence-corrected chi connectivity index (χ2v) is 6.37. The third-order valence-electron chi connectivity index (χ3n) is 4.78. The normalized spacial score (nSPS) is 17.2. The van der Waals surface area contributed by atoms with Crippen LogP contribution in [0, 0.1) is 0 Å². The van der Waals surface area contributed by atoms with Gasteiger partial charge < -0.3 is 15.8 Å². The highest BCUT2D eigenvalue weighted by Crippen LogP contribution is 2.22. The fourth-order valence-corrected chi connectivity index (χ4v) is 3.34. The fraction of sp³-hybridized carbons (Fsp3) is 0.421. The van der Waals surface area contributed by atoms with E-state index in [1.807, 2.05) is 12.1 Å². The lowest BCUT2D eigenvalue weighted by Crippen LogP contribution is -2.40. The van der Waals surface area contributed by atoms with E-state index in [2.05, 4.69) is 27.1 Å². The van der Waals surface area contributed by atoms with Crippen LogP contribution in [0.4, 0.5) is 5.95 Å². The van der Waals surface area contributed by atoms with Gasteiger partial charge in [0.25, 0.3) is 5.91 Å². The van der Waals surface area contributed by atoms with E-state index < -0.39 is 0 Å². The van der Waals surface area contributed by atoms with Crippen LogP contribution in [-0.4, -0.2) is 53.6 Å². The number of ether oxygens (including phenoxy) is 1. The van der Waals surface area contributed by atoms with E-state index >= 15 is 0 Å². The molecule has 3 rings (SSSR count). The standard InChI is InChI=1S/C19H25N5O2/c1-3-24-10-4-5-15(24)12-21-18(25)14-8-6-13(7-9-14)16-11-17(26-2)23-19(20)22-16/h6-9,11,15H,3-5,10,12H2,1-2H3,(H,21,25)(H2,20,22,23). The third-order valence-corrected chi connectivity index (χ3v) is 4.78. The number of carbonyl (C=O) groups is 1. The molecule has 7 nitrogen and oxygen atoms in total. The Bertz CT molecular complexity index is 763. The predicted molar refractivity (Wildman–Crippen MR) is 101 cm³/mol. The average Bonchev–Trinajstić information content (AvgIpc) is 3.13. The summed E-state index contributed by atoms with van der Waals surface area (Å²) in [4.78, 5) is 23.0. The first-order valence-electron chi connectivity index (χ1n) is 8.92. The lowest BCUT2D eigenvalue weighted by molar-refractivity contribution is 0.0941. The van der Waals surface area contributed by atoms with Crippen LogP contribution < -0.4 is 15.8 Å². The maximum atomic E-state index is 12.4. The largest absolute Gasteiger partial charge is 0.481 e. The Hall–Kier alpha value is -2.67. The van der Waals surface area contributed by atoms with Gasteiger partial charge in [0.15, 0.2) is 0 Å². The molecule has 3 N–H and O–H groups in total. The van der Waals surface area contributed by atoms with Crippen LogP contribution in [0.25, 0.3) is 11.3 Å². The molecule has 138 valence electrons. The minimum absolute atomic E-state index is 0.0562. The summed E-state index contributed by atoms with van der Waals surface area (Å²) in [6.07, 6.45) is 2.35. The first-order valence-corrected chi connectivity index (χ1v) is 8.92. The summed E-state index contributed by atoms with van der Waals surface area (Å²) < 4.78 is 5.12. The van der Waals surface area contributed by atoms with Crippen molar-refractivity contribution in [2.45, 2.75) is 25.8 Å². The molecular formula is C19H25N5O2. The van der Waals surface area contributed by atoms with Crippen LogP contribution in [0.15, 0.2) is 30.3 Å². The van der Waals surface area contributed by atoms with Crippen LogP contribution in [0.2, 0.25) is 0 Å². The number of likely N-dealkylation sites (N-methyl/N-ethyl adjacent to an activating group) is 1. The van der Waals surface area contributed by atoms with E-state index in [1.165, 1.54) is 13.5 Å². The Kier molecular flexibility index (Phi) is 5.68. The maximum absolute atomic E-state index is 12.4. The number of methoxy groups -OCH3 is 1. The monoisotopic (exact) mass is 355 g/mol. The van der Waals surface area contributed by atoms with E-state index in [1.54, 1.807) is 18.2 Å². The van der Waals surface area contributed by atoms with Crippen molar-refractivity contribution in [2.24, 2.45) is 0 Å². The van der Waals surface area contributed by atoms with Gasteiger partial charge in [0.1, 0.15) is 0 Å². The van der Waals surface area contributed by atoms with E-state index in [9.17, 15) is 4.79 Å². The quantitative estimate of drug-likeness (QED) is 0.823. The molecule has 1 saturated heterocycles. The molecule has 2 aromatic rings. The van der Waals surface area contributed by atoms with E-state index in [4.69, 9.17) is 10.5 Å². The number of amides is 1. The van der Waals surface area contributed by atoms with Crippen molar-refractivity contribution in [3.05, 3.63) is 35.9 Å². The molecule has 1 fully saturated rings. The van der Waals surface area contributed by atoms with E-state index in [-0.39, 0.29) is 11.9 Å². The molecule has 0 saturated carbocycles.